The van der Waals surface area contributed by atoms with Crippen molar-refractivity contribution in [1.82, 2.24) is 10.2 Å². The second kappa shape index (κ2) is 5.88. The lowest BCUT2D eigenvalue weighted by Gasteiger charge is -2.49. The summed E-state index contributed by atoms with van der Waals surface area (Å²) >= 11 is 6.92. The molecule has 1 N–H and O–H groups in total. The molecule has 0 amide bonds. The molecule has 1 saturated carbocycles. The first-order valence-corrected chi connectivity index (χ1v) is 8.68. The highest BCUT2D eigenvalue weighted by atomic mass is 79.9. The number of furan rings is 1. The molecule has 1 aliphatic heterocycles. The monoisotopic (exact) mass is 390 g/mol. The molecule has 19 heavy (non-hydrogen) atoms. The summed E-state index contributed by atoms with van der Waals surface area (Å²) in [7, 11) is 0. The molecule has 106 valence electrons. The van der Waals surface area contributed by atoms with E-state index in [1.807, 2.05) is 0 Å². The summed E-state index contributed by atoms with van der Waals surface area (Å²) < 4.78 is 7.57. The largest absolute Gasteiger partial charge is 0.452 e. The summed E-state index contributed by atoms with van der Waals surface area (Å²) in [6.07, 6.45) is 6.77. The average molecular weight is 392 g/mol. The summed E-state index contributed by atoms with van der Waals surface area (Å²) in [4.78, 5) is 2.64. The Morgan fingerprint density at radius 2 is 2.05 bits per heavy atom. The van der Waals surface area contributed by atoms with Gasteiger partial charge in [-0.05, 0) is 50.8 Å². The lowest BCUT2D eigenvalue weighted by atomic mass is 9.79. The standard InChI is InChI=1S/C14H20Br2N2O/c15-12-8-11(19-13(12)16)9-18-7-6-17-10-14(18)4-2-1-3-5-14/h8,17H,1-7,9-10H2. The zero-order chi connectivity index (χ0) is 13.3. The van der Waals surface area contributed by atoms with E-state index in [-0.39, 0.29) is 0 Å². The van der Waals surface area contributed by atoms with E-state index in [0.717, 1.165) is 41.1 Å². The van der Waals surface area contributed by atoms with Crippen molar-refractivity contribution in [1.29, 1.82) is 0 Å². The van der Waals surface area contributed by atoms with Crippen LogP contribution >= 0.6 is 31.9 Å². The highest BCUT2D eigenvalue weighted by molar-refractivity contribution is 9.13. The predicted octanol–water partition coefficient (Wildman–Crippen LogP) is 3.91. The molecular formula is C14H20Br2N2O. The van der Waals surface area contributed by atoms with Crippen LogP contribution in [0, 0.1) is 0 Å². The Morgan fingerprint density at radius 3 is 2.74 bits per heavy atom. The summed E-state index contributed by atoms with van der Waals surface area (Å²) in [6.45, 7) is 4.27. The number of piperazine rings is 1. The van der Waals surface area contributed by atoms with Gasteiger partial charge in [-0.15, -0.1) is 0 Å². The molecule has 0 unspecified atom stereocenters. The minimum atomic E-state index is 0.363. The Morgan fingerprint density at radius 1 is 1.26 bits per heavy atom. The maximum absolute atomic E-state index is 5.76. The fourth-order valence-corrected chi connectivity index (χ4v) is 4.15. The molecule has 0 aromatic carbocycles. The van der Waals surface area contributed by atoms with Gasteiger partial charge in [-0.25, -0.2) is 0 Å². The van der Waals surface area contributed by atoms with Crippen LogP contribution in [0.2, 0.25) is 0 Å². The molecule has 1 aromatic rings. The third kappa shape index (κ3) is 2.94. The van der Waals surface area contributed by atoms with Gasteiger partial charge in [-0.3, -0.25) is 4.90 Å². The van der Waals surface area contributed by atoms with Crippen molar-refractivity contribution in [2.75, 3.05) is 19.6 Å². The molecule has 1 aromatic heterocycles. The van der Waals surface area contributed by atoms with Gasteiger partial charge in [-0.2, -0.15) is 0 Å². The zero-order valence-corrected chi connectivity index (χ0v) is 14.2. The maximum Gasteiger partial charge on any atom is 0.183 e. The number of hydrogen-bond acceptors (Lipinski definition) is 3. The Kier molecular flexibility index (Phi) is 4.37. The molecule has 2 aliphatic rings. The quantitative estimate of drug-likeness (QED) is 0.828. The van der Waals surface area contributed by atoms with Crippen LogP contribution in [0.15, 0.2) is 19.6 Å². The molecule has 2 heterocycles. The summed E-state index contributed by atoms with van der Waals surface area (Å²) in [5.41, 5.74) is 0.363. The minimum absolute atomic E-state index is 0.363. The van der Waals surface area contributed by atoms with Crippen LogP contribution < -0.4 is 5.32 Å². The molecule has 1 saturated heterocycles. The molecule has 3 nitrogen and oxygen atoms in total. The van der Waals surface area contributed by atoms with Gasteiger partial charge in [0.05, 0.1) is 11.0 Å². The SMILES string of the molecule is Brc1cc(CN2CCNCC23CCCCC3)oc1Br. The Hall–Kier alpha value is 0.160. The Balaban J connectivity index is 1.76. The first-order valence-electron chi connectivity index (χ1n) is 7.09. The predicted molar refractivity (Wildman–Crippen MR) is 83.2 cm³/mol. The van der Waals surface area contributed by atoms with E-state index in [4.69, 9.17) is 4.42 Å². The van der Waals surface area contributed by atoms with E-state index in [1.165, 1.54) is 32.1 Å². The van der Waals surface area contributed by atoms with Crippen LogP contribution in [0.4, 0.5) is 0 Å². The Bertz CT molecular complexity index is 413. The number of nitrogens with zero attached hydrogens (tertiary/aromatic N) is 1. The topological polar surface area (TPSA) is 28.4 Å². The maximum atomic E-state index is 5.76. The van der Waals surface area contributed by atoms with E-state index in [0.29, 0.717) is 5.54 Å². The molecule has 5 heteroatoms. The third-order valence-electron chi connectivity index (χ3n) is 4.51. The Labute approximate surface area is 131 Å². The molecule has 3 rings (SSSR count). The van der Waals surface area contributed by atoms with Gasteiger partial charge >= 0.3 is 0 Å². The van der Waals surface area contributed by atoms with Gasteiger partial charge in [0.1, 0.15) is 5.76 Å². The zero-order valence-electron chi connectivity index (χ0n) is 11.1. The number of rotatable bonds is 2. The minimum Gasteiger partial charge on any atom is -0.452 e. The number of hydrogen-bond donors (Lipinski definition) is 1. The fraction of sp³-hybridized carbons (Fsp3) is 0.714. The molecule has 0 radical (unpaired) electrons. The van der Waals surface area contributed by atoms with Crippen molar-refractivity contribution in [3.63, 3.8) is 0 Å². The van der Waals surface area contributed by atoms with Gasteiger partial charge in [0.15, 0.2) is 4.67 Å². The second-order valence-electron chi connectivity index (χ2n) is 5.72. The van der Waals surface area contributed by atoms with Crippen molar-refractivity contribution in [2.45, 2.75) is 44.2 Å². The first-order chi connectivity index (χ1) is 9.20. The van der Waals surface area contributed by atoms with Crippen molar-refractivity contribution < 1.29 is 4.42 Å². The molecule has 0 bridgehead atoms. The van der Waals surface area contributed by atoms with Crippen LogP contribution in [-0.4, -0.2) is 30.1 Å². The van der Waals surface area contributed by atoms with Crippen molar-refractivity contribution >= 4 is 31.9 Å². The van der Waals surface area contributed by atoms with E-state index in [9.17, 15) is 0 Å². The molecule has 0 atom stereocenters. The highest BCUT2D eigenvalue weighted by Gasteiger charge is 2.39. The normalized spacial score (nSPS) is 23.9. The number of halogens is 2. The summed E-state index contributed by atoms with van der Waals surface area (Å²) in [6, 6.07) is 2.09. The lowest BCUT2D eigenvalue weighted by Crippen LogP contribution is -2.61. The van der Waals surface area contributed by atoms with Gasteiger partial charge in [-0.1, -0.05) is 19.3 Å². The molecule has 2 fully saturated rings. The van der Waals surface area contributed by atoms with E-state index < -0.39 is 0 Å². The van der Waals surface area contributed by atoms with Crippen molar-refractivity contribution in [3.8, 4) is 0 Å². The van der Waals surface area contributed by atoms with Crippen LogP contribution in [0.5, 0.6) is 0 Å². The van der Waals surface area contributed by atoms with E-state index >= 15 is 0 Å². The lowest BCUT2D eigenvalue weighted by molar-refractivity contribution is 0.0159. The highest BCUT2D eigenvalue weighted by Crippen LogP contribution is 2.36. The van der Waals surface area contributed by atoms with Crippen molar-refractivity contribution in [3.05, 3.63) is 21.0 Å². The smallest absolute Gasteiger partial charge is 0.183 e. The van der Waals surface area contributed by atoms with Crippen LogP contribution in [0.25, 0.3) is 0 Å². The van der Waals surface area contributed by atoms with Gasteiger partial charge in [0, 0.05) is 25.2 Å². The van der Waals surface area contributed by atoms with Gasteiger partial charge in [0.2, 0.25) is 0 Å². The second-order valence-corrected chi connectivity index (χ2v) is 7.29. The molecular weight excluding hydrogens is 372 g/mol. The molecule has 1 spiro atoms. The first kappa shape index (κ1) is 14.1. The summed E-state index contributed by atoms with van der Waals surface area (Å²) in [5.74, 6) is 1.05. The fourth-order valence-electron chi connectivity index (χ4n) is 3.49. The van der Waals surface area contributed by atoms with Crippen molar-refractivity contribution in [2.24, 2.45) is 0 Å². The van der Waals surface area contributed by atoms with Crippen LogP contribution in [-0.2, 0) is 6.54 Å². The molecule has 1 aliphatic carbocycles. The summed E-state index contributed by atoms with van der Waals surface area (Å²) in [5, 5.41) is 3.59. The van der Waals surface area contributed by atoms with Crippen LogP contribution in [0.3, 0.4) is 0 Å². The van der Waals surface area contributed by atoms with Crippen LogP contribution in [0.1, 0.15) is 37.9 Å². The van der Waals surface area contributed by atoms with E-state index in [2.05, 4.69) is 48.1 Å². The van der Waals surface area contributed by atoms with Gasteiger partial charge < -0.3 is 9.73 Å². The number of nitrogens with one attached hydrogen (secondary N) is 1. The van der Waals surface area contributed by atoms with E-state index in [1.54, 1.807) is 0 Å². The average Bonchev–Trinajstić information content (AvgIpc) is 2.73. The van der Waals surface area contributed by atoms with Gasteiger partial charge in [0.25, 0.3) is 0 Å². The third-order valence-corrected chi connectivity index (χ3v) is 6.22.